The fourth-order valence-corrected chi connectivity index (χ4v) is 2.60. The van der Waals surface area contributed by atoms with Gasteiger partial charge in [0, 0.05) is 0 Å². The zero-order chi connectivity index (χ0) is 10.2. The van der Waals surface area contributed by atoms with Crippen molar-refractivity contribution in [1.82, 2.24) is 0 Å². The number of hydrogen-bond donors (Lipinski definition) is 0. The molecule has 0 spiro atoms. The normalized spacial score (nSPS) is 10.3. The van der Waals surface area contributed by atoms with E-state index < -0.39 is 0 Å². The second kappa shape index (κ2) is 8.72. The molecule has 0 N–H and O–H groups in total. The van der Waals surface area contributed by atoms with Gasteiger partial charge in [0.15, 0.2) is 0 Å². The summed E-state index contributed by atoms with van der Waals surface area (Å²) in [6, 6.07) is 0. The molecular weight excluding hydrogens is 154 g/mol. The molecule has 0 heterocycles. The monoisotopic (exact) mass is 178 g/mol. The molecule has 0 aromatic rings. The third-order valence-electron chi connectivity index (χ3n) is 1.73. The molecule has 0 fully saturated rings. The van der Waals surface area contributed by atoms with Crippen molar-refractivity contribution in [2.75, 3.05) is 0 Å². The summed E-state index contributed by atoms with van der Waals surface area (Å²) in [5, 5.41) is 4.48. The van der Waals surface area contributed by atoms with Gasteiger partial charge < -0.3 is 0 Å². The van der Waals surface area contributed by atoms with Crippen molar-refractivity contribution in [2.24, 2.45) is 0 Å². The third-order valence-corrected chi connectivity index (χ3v) is 5.20. The summed E-state index contributed by atoms with van der Waals surface area (Å²) >= 11 is 2.02. The molecule has 68 valence electrons. The van der Waals surface area contributed by atoms with E-state index in [9.17, 15) is 0 Å². The van der Waals surface area contributed by atoms with Gasteiger partial charge in [-0.2, -0.15) is 0 Å². The predicted molar refractivity (Wildman–Crippen MR) is 62.7 cm³/mol. The summed E-state index contributed by atoms with van der Waals surface area (Å²) in [4.78, 5) is 0. The van der Waals surface area contributed by atoms with Gasteiger partial charge in [-0.3, -0.25) is 0 Å². The Morgan fingerprint density at radius 2 is 1.08 bits per heavy atom. The molecule has 0 amide bonds. The van der Waals surface area contributed by atoms with Gasteiger partial charge in [-0.1, -0.05) is 36.6 Å². The van der Waals surface area contributed by atoms with Crippen LogP contribution >= 0.6 is 0 Å². The van der Waals surface area contributed by atoms with Crippen LogP contribution < -0.4 is 0 Å². The van der Waals surface area contributed by atoms with Gasteiger partial charge >= 0.3 is 42.6 Å². The summed E-state index contributed by atoms with van der Waals surface area (Å²) < 4.78 is 0.500. The minimum atomic E-state index is -0.171. The van der Waals surface area contributed by atoms with Crippen LogP contribution in [0, 0.1) is 0 Å². The average molecular weight is 178 g/mol. The second-order valence-electron chi connectivity index (χ2n) is 5.09. The van der Waals surface area contributed by atoms with Gasteiger partial charge in [0.2, 0.25) is 0 Å². The maximum atomic E-state index is 2.32. The van der Waals surface area contributed by atoms with E-state index >= 15 is 0 Å². The molecule has 12 heavy (non-hydrogen) atoms. The van der Waals surface area contributed by atoms with Crippen molar-refractivity contribution >= 4 is 31.9 Å². The SMILES string of the molecule is C[CH2][Al]([CH2]C)[CH2]C.[Li][C](C)(C)C. The molecule has 0 unspecified atom stereocenters. The quantitative estimate of drug-likeness (QED) is 0.575. The Hall–Kier alpha value is 1.13. The van der Waals surface area contributed by atoms with Gasteiger partial charge in [0.1, 0.15) is 0 Å². The van der Waals surface area contributed by atoms with Crippen LogP contribution in [0.25, 0.3) is 0 Å². The van der Waals surface area contributed by atoms with Gasteiger partial charge in [-0.05, 0) is 0 Å². The summed E-state index contributed by atoms with van der Waals surface area (Å²) in [6.45, 7) is 13.5. The summed E-state index contributed by atoms with van der Waals surface area (Å²) in [5.41, 5.74) is 0. The van der Waals surface area contributed by atoms with E-state index in [1.54, 1.807) is 0 Å². The number of hydrogen-bond acceptors (Lipinski definition) is 0. The third kappa shape index (κ3) is 22.5. The topological polar surface area (TPSA) is 0 Å². The van der Waals surface area contributed by atoms with Crippen LogP contribution in [0.4, 0.5) is 0 Å². The van der Waals surface area contributed by atoms with Crippen molar-refractivity contribution < 1.29 is 0 Å². The number of rotatable bonds is 3. The first kappa shape index (κ1) is 15.6. The molecule has 0 aliphatic carbocycles. The summed E-state index contributed by atoms with van der Waals surface area (Å²) in [7, 11) is 0. The summed E-state index contributed by atoms with van der Waals surface area (Å²) in [5.74, 6) is 0. The van der Waals surface area contributed by atoms with Crippen molar-refractivity contribution in [3.8, 4) is 0 Å². The van der Waals surface area contributed by atoms with Crippen molar-refractivity contribution in [3.63, 3.8) is 0 Å². The molecule has 0 aliphatic heterocycles. The Bertz CT molecular complexity index is 70.8. The Morgan fingerprint density at radius 3 is 1.08 bits per heavy atom. The van der Waals surface area contributed by atoms with Gasteiger partial charge in [-0.15, -0.1) is 0 Å². The molecule has 0 saturated carbocycles. The Balaban J connectivity index is 0. The van der Waals surface area contributed by atoms with Crippen LogP contribution in [0.5, 0.6) is 0 Å². The fourth-order valence-electron chi connectivity index (χ4n) is 0.866. The van der Waals surface area contributed by atoms with Crippen LogP contribution in [-0.2, 0) is 0 Å². The Kier molecular flexibility index (Phi) is 11.3. The first-order chi connectivity index (χ1) is 5.35. The van der Waals surface area contributed by atoms with Crippen LogP contribution in [0.3, 0.4) is 0 Å². The molecule has 0 radical (unpaired) electrons. The standard InChI is InChI=1S/C4H9.3C2H5.Al.Li/c1-4(2)3;3*1-2;;/h1-3H3;3*1H2,2H3;;. The molecule has 0 bridgehead atoms. The van der Waals surface area contributed by atoms with Crippen molar-refractivity contribution in [1.29, 1.82) is 0 Å². The van der Waals surface area contributed by atoms with E-state index in [0.29, 0.717) is 4.09 Å². The van der Waals surface area contributed by atoms with E-state index in [4.69, 9.17) is 0 Å². The molecule has 0 atom stereocenters. The van der Waals surface area contributed by atoms with Crippen LogP contribution in [-0.4, -0.2) is 31.9 Å². The van der Waals surface area contributed by atoms with E-state index in [-0.39, 0.29) is 14.1 Å². The van der Waals surface area contributed by atoms with E-state index in [2.05, 4.69) is 59.3 Å². The maximum absolute atomic E-state index is 2.32. The van der Waals surface area contributed by atoms with E-state index in [1.165, 1.54) is 15.8 Å². The van der Waals surface area contributed by atoms with Gasteiger partial charge in [0.25, 0.3) is 14.1 Å². The minimum absolute atomic E-state index is 0.171. The van der Waals surface area contributed by atoms with Gasteiger partial charge in [-0.25, -0.2) is 0 Å². The fraction of sp³-hybridized carbons (Fsp3) is 1.00. The molecule has 2 heteroatoms. The van der Waals surface area contributed by atoms with Crippen molar-refractivity contribution in [2.45, 2.75) is 61.5 Å². The zero-order valence-electron chi connectivity index (χ0n) is 10.2. The zero-order valence-corrected chi connectivity index (χ0v) is 11.4. The van der Waals surface area contributed by atoms with Crippen LogP contribution in [0.2, 0.25) is 19.9 Å². The van der Waals surface area contributed by atoms with Gasteiger partial charge in [0.05, 0.1) is 0 Å². The molecule has 0 aromatic heterocycles. The molecule has 0 aromatic carbocycles. The molecule has 0 saturated heterocycles. The van der Waals surface area contributed by atoms with Crippen LogP contribution in [0.1, 0.15) is 41.5 Å². The Labute approximate surface area is 93.1 Å². The molecule has 0 aliphatic rings. The first-order valence-corrected chi connectivity index (χ1v) is 7.80. The molecular formula is C10H24AlLi. The summed E-state index contributed by atoms with van der Waals surface area (Å²) in [6.07, 6.45) is 0. The predicted octanol–water partition coefficient (Wildman–Crippen LogP) is 3.91. The van der Waals surface area contributed by atoms with E-state index in [1.807, 2.05) is 0 Å². The molecule has 0 nitrogen and oxygen atoms in total. The van der Waals surface area contributed by atoms with Crippen LogP contribution in [0.15, 0.2) is 0 Å². The second-order valence-corrected chi connectivity index (χ2v) is 9.27. The van der Waals surface area contributed by atoms with E-state index in [0.717, 1.165) is 0 Å². The average Bonchev–Trinajstić information content (AvgIpc) is 1.88. The Morgan fingerprint density at radius 1 is 0.917 bits per heavy atom. The first-order valence-electron chi connectivity index (χ1n) is 5.35. The molecule has 0 rings (SSSR count). The van der Waals surface area contributed by atoms with Crippen molar-refractivity contribution in [3.05, 3.63) is 0 Å².